The van der Waals surface area contributed by atoms with Gasteiger partial charge in [-0.15, -0.1) is 11.6 Å². The van der Waals surface area contributed by atoms with E-state index in [9.17, 15) is 23.2 Å². The lowest BCUT2D eigenvalue weighted by Crippen LogP contribution is -2.68. The number of halogens is 4. The predicted octanol–water partition coefficient (Wildman–Crippen LogP) is 1.73. The van der Waals surface area contributed by atoms with E-state index >= 15 is 0 Å². The molecule has 186 valence electrons. The number of nitrogens with two attached hydrogens (primary N) is 1. The number of amides is 1. The summed E-state index contributed by atoms with van der Waals surface area (Å²) >= 11 is 6.04. The fraction of sp³-hybridized carbons (Fsp3) is 0.909. The average molecular weight is 491 g/mol. The number of carbonyl (C=O) groups excluding carboxylic acids is 1. The molecule has 2 saturated heterocycles. The van der Waals surface area contributed by atoms with Gasteiger partial charge in [0.05, 0.1) is 24.3 Å². The summed E-state index contributed by atoms with van der Waals surface area (Å²) in [5.41, 5.74) is 5.00. The third-order valence-corrected chi connectivity index (χ3v) is 8.58. The maximum atomic E-state index is 13.5. The molecule has 33 heavy (non-hydrogen) atoms. The van der Waals surface area contributed by atoms with Crippen LogP contribution in [0.15, 0.2) is 0 Å². The molecule has 4 fully saturated rings. The lowest BCUT2D eigenvalue weighted by molar-refractivity contribution is -0.186. The maximum absolute atomic E-state index is 13.5. The Morgan fingerprint density at radius 1 is 1.30 bits per heavy atom. The summed E-state index contributed by atoms with van der Waals surface area (Å²) in [5.74, 6) is -1.47. The minimum atomic E-state index is -4.30. The molecule has 0 spiro atoms. The van der Waals surface area contributed by atoms with E-state index in [1.54, 1.807) is 0 Å². The van der Waals surface area contributed by atoms with Gasteiger partial charge >= 0.3 is 6.18 Å². The molecule has 2 heterocycles. The molecule has 7 unspecified atom stereocenters. The highest BCUT2D eigenvalue weighted by Crippen LogP contribution is 2.45. The van der Waals surface area contributed by atoms with E-state index in [1.807, 2.05) is 0 Å². The van der Waals surface area contributed by atoms with Gasteiger partial charge in [0.25, 0.3) is 0 Å². The first-order valence-electron chi connectivity index (χ1n) is 12.0. The molecule has 11 heteroatoms. The van der Waals surface area contributed by atoms with Crippen LogP contribution in [-0.4, -0.2) is 67.4 Å². The molecule has 5 N–H and O–H groups in total. The summed E-state index contributed by atoms with van der Waals surface area (Å²) < 4.78 is 40.5. The molecule has 4 rings (SSSR count). The van der Waals surface area contributed by atoms with Crippen molar-refractivity contribution in [3.63, 3.8) is 0 Å². The van der Waals surface area contributed by atoms with E-state index in [1.165, 1.54) is 0 Å². The molecule has 0 radical (unpaired) electrons. The molecule has 1 amide bonds. The van der Waals surface area contributed by atoms with Crippen molar-refractivity contribution in [1.29, 1.82) is 5.26 Å². The summed E-state index contributed by atoms with van der Waals surface area (Å²) in [6.45, 7) is 3.27. The summed E-state index contributed by atoms with van der Waals surface area (Å²) in [6, 6.07) is 2.12. The minimum Gasteiger partial charge on any atom is -0.354 e. The second kappa shape index (κ2) is 9.86. The van der Waals surface area contributed by atoms with Crippen LogP contribution in [0.5, 0.6) is 0 Å². The zero-order valence-corrected chi connectivity index (χ0v) is 19.5. The first kappa shape index (κ1) is 25.0. The Morgan fingerprint density at radius 3 is 2.67 bits per heavy atom. The Kier molecular flexibility index (Phi) is 7.47. The lowest BCUT2D eigenvalue weighted by atomic mass is 9.78. The van der Waals surface area contributed by atoms with Crippen molar-refractivity contribution in [2.24, 2.45) is 34.8 Å². The van der Waals surface area contributed by atoms with Crippen LogP contribution < -0.4 is 21.7 Å². The number of nitrogens with one attached hydrogen (secondary N) is 3. The Bertz CT molecular complexity index is 757. The Hall–Kier alpha value is -1.12. The van der Waals surface area contributed by atoms with Crippen molar-refractivity contribution >= 4 is 17.5 Å². The molecule has 2 saturated carbocycles. The van der Waals surface area contributed by atoms with Crippen LogP contribution in [0.1, 0.15) is 38.5 Å². The number of nitrogens with zero attached hydrogens (tertiary/aromatic N) is 2. The van der Waals surface area contributed by atoms with Gasteiger partial charge in [0, 0.05) is 37.5 Å². The van der Waals surface area contributed by atoms with Crippen LogP contribution in [-0.2, 0) is 4.79 Å². The highest BCUT2D eigenvalue weighted by Gasteiger charge is 2.52. The largest absolute Gasteiger partial charge is 0.393 e. The van der Waals surface area contributed by atoms with E-state index in [2.05, 4.69) is 26.9 Å². The second-order valence-electron chi connectivity index (χ2n) is 10.3. The molecule has 0 aromatic rings. The second-order valence-corrected chi connectivity index (χ2v) is 10.8. The molecule has 0 aromatic carbocycles. The van der Waals surface area contributed by atoms with Gasteiger partial charge in [0.1, 0.15) is 5.41 Å². The number of rotatable bonds is 6. The van der Waals surface area contributed by atoms with Crippen molar-refractivity contribution in [2.45, 2.75) is 62.4 Å². The molecule has 0 aromatic heterocycles. The van der Waals surface area contributed by atoms with E-state index in [-0.39, 0.29) is 36.5 Å². The smallest absolute Gasteiger partial charge is 0.354 e. The van der Waals surface area contributed by atoms with Crippen molar-refractivity contribution in [2.75, 3.05) is 32.7 Å². The lowest BCUT2D eigenvalue weighted by Gasteiger charge is -2.47. The molecule has 4 aliphatic rings. The fourth-order valence-corrected chi connectivity index (χ4v) is 6.05. The number of alkyl halides is 4. The zero-order chi connectivity index (χ0) is 23.8. The van der Waals surface area contributed by atoms with Crippen molar-refractivity contribution < 1.29 is 18.0 Å². The van der Waals surface area contributed by atoms with Gasteiger partial charge in [-0.1, -0.05) is 0 Å². The van der Waals surface area contributed by atoms with Gasteiger partial charge < -0.3 is 16.4 Å². The maximum Gasteiger partial charge on any atom is 0.393 e. The fourth-order valence-electron chi connectivity index (χ4n) is 5.68. The van der Waals surface area contributed by atoms with Crippen molar-refractivity contribution in [1.82, 2.24) is 20.9 Å². The van der Waals surface area contributed by atoms with E-state index in [0.717, 1.165) is 19.5 Å². The Balaban J connectivity index is 1.42. The number of hydrogen-bond acceptors (Lipinski definition) is 6. The van der Waals surface area contributed by atoms with Crippen LogP contribution in [0.2, 0.25) is 0 Å². The van der Waals surface area contributed by atoms with Crippen LogP contribution in [0, 0.1) is 40.4 Å². The molecule has 7 nitrogen and oxygen atoms in total. The zero-order valence-electron chi connectivity index (χ0n) is 18.7. The SMILES string of the molecule is N#CC1(C(=O)NCC2CNC(C3CCC(Cl)C(C(F)(F)F)C3)NC2N2CCC(CN)C2)CC1. The number of likely N-dealkylation sites (tertiary alicyclic amines) is 1. The van der Waals surface area contributed by atoms with Gasteiger partial charge in [-0.25, -0.2) is 0 Å². The van der Waals surface area contributed by atoms with Crippen molar-refractivity contribution in [3.8, 4) is 6.07 Å². The van der Waals surface area contributed by atoms with Gasteiger partial charge in [0.15, 0.2) is 0 Å². The van der Waals surface area contributed by atoms with E-state index in [4.69, 9.17) is 17.3 Å². The molecule has 2 aliphatic carbocycles. The van der Waals surface area contributed by atoms with Crippen LogP contribution >= 0.6 is 11.6 Å². The number of nitriles is 1. The summed E-state index contributed by atoms with van der Waals surface area (Å²) in [4.78, 5) is 14.8. The van der Waals surface area contributed by atoms with Gasteiger partial charge in [0.2, 0.25) is 5.91 Å². The summed E-state index contributed by atoms with van der Waals surface area (Å²) in [5, 5.41) is 18.3. The first-order chi connectivity index (χ1) is 15.7. The monoisotopic (exact) mass is 490 g/mol. The predicted molar refractivity (Wildman–Crippen MR) is 118 cm³/mol. The first-order valence-corrected chi connectivity index (χ1v) is 12.4. The van der Waals surface area contributed by atoms with Gasteiger partial charge in [-0.2, -0.15) is 18.4 Å². The molecule has 2 aliphatic heterocycles. The quantitative estimate of drug-likeness (QED) is 0.423. The third kappa shape index (κ3) is 5.43. The van der Waals surface area contributed by atoms with Gasteiger partial charge in [-0.3, -0.25) is 15.0 Å². The van der Waals surface area contributed by atoms with Crippen LogP contribution in [0.3, 0.4) is 0 Å². The summed E-state index contributed by atoms with van der Waals surface area (Å²) in [6.07, 6.45) is -1.47. The number of carbonyl (C=O) groups is 1. The van der Waals surface area contributed by atoms with Crippen LogP contribution in [0.4, 0.5) is 13.2 Å². The van der Waals surface area contributed by atoms with Crippen LogP contribution in [0.25, 0.3) is 0 Å². The molecular formula is C22H34ClF3N6O. The van der Waals surface area contributed by atoms with Crippen molar-refractivity contribution in [3.05, 3.63) is 0 Å². The van der Waals surface area contributed by atoms with E-state index < -0.39 is 22.9 Å². The van der Waals surface area contributed by atoms with Gasteiger partial charge in [-0.05, 0) is 56.9 Å². The topological polar surface area (TPSA) is 106 Å². The van der Waals surface area contributed by atoms with E-state index in [0.29, 0.717) is 51.2 Å². The number of hydrogen-bond donors (Lipinski definition) is 4. The Morgan fingerprint density at radius 2 is 2.06 bits per heavy atom. The molecular weight excluding hydrogens is 457 g/mol. The highest BCUT2D eigenvalue weighted by atomic mass is 35.5. The summed E-state index contributed by atoms with van der Waals surface area (Å²) in [7, 11) is 0. The minimum absolute atomic E-state index is 0.00652. The Labute approximate surface area is 197 Å². The standard InChI is InChI=1S/C22H34ClF3N6O/c23-17-2-1-14(7-16(17)22(24,25)26)18-29-9-15(10-30-20(33)21(12-28)4-5-21)19(31-18)32-6-3-13(8-27)11-32/h13-19,29,31H,1-11,27H2,(H,30,33). The molecule has 7 atom stereocenters. The molecule has 0 bridgehead atoms. The normalized spacial score (nSPS) is 39.1. The average Bonchev–Trinajstić information content (AvgIpc) is 3.46. The third-order valence-electron chi connectivity index (χ3n) is 8.06. The highest BCUT2D eigenvalue weighted by molar-refractivity contribution is 6.20.